The van der Waals surface area contributed by atoms with E-state index in [-0.39, 0.29) is 11.5 Å². The third kappa shape index (κ3) is 3.40. The fourth-order valence-electron chi connectivity index (χ4n) is 2.91. The minimum Gasteiger partial charge on any atom is -0.506 e. The van der Waals surface area contributed by atoms with Crippen LogP contribution in [0.4, 0.5) is 0 Å². The summed E-state index contributed by atoms with van der Waals surface area (Å²) in [5.74, 6) is 0.712. The van der Waals surface area contributed by atoms with E-state index in [0.29, 0.717) is 20.1 Å². The number of carbonyl (C=O) groups is 1. The second-order valence-corrected chi connectivity index (χ2v) is 7.78. The Kier molecular flexibility index (Phi) is 5.35. The highest BCUT2D eigenvalue weighted by molar-refractivity contribution is 9.11. The zero-order chi connectivity index (χ0) is 18.1. The smallest absolute Gasteiger partial charge is 0.197 e. The van der Waals surface area contributed by atoms with E-state index in [1.54, 1.807) is 12.1 Å². The molecule has 0 aliphatic carbocycles. The first-order chi connectivity index (χ1) is 11.9. The molecule has 0 fully saturated rings. The van der Waals surface area contributed by atoms with Gasteiger partial charge in [-0.1, -0.05) is 31.5 Å². The molecule has 0 saturated carbocycles. The summed E-state index contributed by atoms with van der Waals surface area (Å²) in [4.78, 5) is 13.2. The van der Waals surface area contributed by atoms with Crippen molar-refractivity contribution < 1.29 is 14.3 Å². The van der Waals surface area contributed by atoms with E-state index in [4.69, 9.17) is 4.42 Å². The standard InChI is InChI=1S/C20H18Br2O3/c1-3-4-8-16-17(13-7-5-6-11(2)20(13)25-16)18(23)12-9-14(21)19(24)15(22)10-12/h5-7,9-10,24H,3-4,8H2,1-2H3. The van der Waals surface area contributed by atoms with Crippen molar-refractivity contribution in [2.45, 2.75) is 33.1 Å². The highest BCUT2D eigenvalue weighted by Gasteiger charge is 2.23. The number of para-hydroxylation sites is 1. The number of benzene rings is 2. The number of carbonyl (C=O) groups excluding carboxylic acids is 1. The van der Waals surface area contributed by atoms with Crippen LogP contribution in [0.3, 0.4) is 0 Å². The van der Waals surface area contributed by atoms with Gasteiger partial charge in [0.2, 0.25) is 0 Å². The van der Waals surface area contributed by atoms with Crippen LogP contribution in [0.2, 0.25) is 0 Å². The van der Waals surface area contributed by atoms with Gasteiger partial charge < -0.3 is 9.52 Å². The van der Waals surface area contributed by atoms with Crippen LogP contribution in [0.25, 0.3) is 11.0 Å². The molecule has 0 radical (unpaired) electrons. The molecule has 0 atom stereocenters. The Hall–Kier alpha value is -1.59. The van der Waals surface area contributed by atoms with Crippen molar-refractivity contribution in [2.75, 3.05) is 0 Å². The Morgan fingerprint density at radius 1 is 1.20 bits per heavy atom. The third-order valence-corrected chi connectivity index (χ3v) is 5.46. The normalized spacial score (nSPS) is 11.2. The van der Waals surface area contributed by atoms with Crippen molar-refractivity contribution in [3.63, 3.8) is 0 Å². The van der Waals surface area contributed by atoms with Gasteiger partial charge in [0.05, 0.1) is 14.5 Å². The van der Waals surface area contributed by atoms with Crippen LogP contribution < -0.4 is 0 Å². The Morgan fingerprint density at radius 3 is 2.52 bits per heavy atom. The lowest BCUT2D eigenvalue weighted by atomic mass is 9.97. The van der Waals surface area contributed by atoms with Gasteiger partial charge in [0.25, 0.3) is 0 Å². The minimum atomic E-state index is -0.100. The van der Waals surface area contributed by atoms with Crippen molar-refractivity contribution in [3.05, 3.63) is 61.7 Å². The number of aryl methyl sites for hydroxylation is 2. The molecule has 0 spiro atoms. The zero-order valence-corrected chi connectivity index (χ0v) is 17.2. The summed E-state index contributed by atoms with van der Waals surface area (Å²) in [6, 6.07) is 9.13. The average Bonchev–Trinajstić information content (AvgIpc) is 2.96. The number of hydrogen-bond donors (Lipinski definition) is 1. The lowest BCUT2D eigenvalue weighted by Gasteiger charge is -2.06. The molecule has 1 heterocycles. The zero-order valence-electron chi connectivity index (χ0n) is 14.0. The van der Waals surface area contributed by atoms with E-state index < -0.39 is 0 Å². The Balaban J connectivity index is 2.19. The highest BCUT2D eigenvalue weighted by Crippen LogP contribution is 2.36. The highest BCUT2D eigenvalue weighted by atomic mass is 79.9. The summed E-state index contributed by atoms with van der Waals surface area (Å²) in [7, 11) is 0. The molecular formula is C20H18Br2O3. The number of hydrogen-bond acceptors (Lipinski definition) is 3. The van der Waals surface area contributed by atoms with Gasteiger partial charge in [-0.3, -0.25) is 4.79 Å². The van der Waals surface area contributed by atoms with Gasteiger partial charge in [0, 0.05) is 17.4 Å². The molecule has 5 heteroatoms. The Morgan fingerprint density at radius 2 is 1.88 bits per heavy atom. The van der Waals surface area contributed by atoms with Gasteiger partial charge in [0.1, 0.15) is 17.1 Å². The van der Waals surface area contributed by atoms with Crippen molar-refractivity contribution in [3.8, 4) is 5.75 Å². The maximum Gasteiger partial charge on any atom is 0.197 e. The molecule has 0 saturated heterocycles. The van der Waals surface area contributed by atoms with Gasteiger partial charge >= 0.3 is 0 Å². The minimum absolute atomic E-state index is 0.0793. The first-order valence-corrected chi connectivity index (χ1v) is 9.76. The van der Waals surface area contributed by atoms with Gasteiger partial charge in [-0.15, -0.1) is 0 Å². The SMILES string of the molecule is CCCCc1oc2c(C)cccc2c1C(=O)c1cc(Br)c(O)c(Br)c1. The number of rotatable bonds is 5. The molecule has 25 heavy (non-hydrogen) atoms. The molecule has 2 aromatic carbocycles. The molecule has 3 aromatic rings. The van der Waals surface area contributed by atoms with Crippen LogP contribution in [0.5, 0.6) is 5.75 Å². The quantitative estimate of drug-likeness (QED) is 0.435. The second kappa shape index (κ2) is 7.34. The van der Waals surface area contributed by atoms with Crippen molar-refractivity contribution >= 4 is 48.6 Å². The summed E-state index contributed by atoms with van der Waals surface area (Å²) in [5, 5.41) is 10.7. The molecule has 3 nitrogen and oxygen atoms in total. The van der Waals surface area contributed by atoms with E-state index in [0.717, 1.165) is 41.6 Å². The molecule has 3 rings (SSSR count). The summed E-state index contributed by atoms with van der Waals surface area (Å²) >= 11 is 6.59. The van der Waals surface area contributed by atoms with E-state index in [1.807, 2.05) is 25.1 Å². The number of furan rings is 1. The predicted molar refractivity (Wildman–Crippen MR) is 107 cm³/mol. The average molecular weight is 466 g/mol. The van der Waals surface area contributed by atoms with Gasteiger partial charge in [-0.25, -0.2) is 0 Å². The van der Waals surface area contributed by atoms with Crippen molar-refractivity contribution in [1.29, 1.82) is 0 Å². The summed E-state index contributed by atoms with van der Waals surface area (Å²) < 4.78 is 7.02. The van der Waals surface area contributed by atoms with Crippen LogP contribution in [-0.2, 0) is 6.42 Å². The molecule has 130 valence electrons. The predicted octanol–water partition coefficient (Wildman–Crippen LogP) is 6.55. The molecular weight excluding hydrogens is 448 g/mol. The fraction of sp³-hybridized carbons (Fsp3) is 0.250. The van der Waals surface area contributed by atoms with Crippen LogP contribution >= 0.6 is 31.9 Å². The number of unbranched alkanes of at least 4 members (excludes halogenated alkanes) is 1. The van der Waals surface area contributed by atoms with Gasteiger partial charge in [0.15, 0.2) is 5.78 Å². The second-order valence-electron chi connectivity index (χ2n) is 6.07. The number of phenols is 1. The maximum atomic E-state index is 13.2. The number of aromatic hydroxyl groups is 1. The van der Waals surface area contributed by atoms with Gasteiger partial charge in [-0.05, 0) is 62.9 Å². The summed E-state index contributed by atoms with van der Waals surface area (Å²) in [6.45, 7) is 4.10. The molecule has 0 bridgehead atoms. The molecule has 1 N–H and O–H groups in total. The van der Waals surface area contributed by atoms with Crippen molar-refractivity contribution in [1.82, 2.24) is 0 Å². The van der Waals surface area contributed by atoms with Crippen LogP contribution in [0, 0.1) is 6.92 Å². The summed E-state index contributed by atoms with van der Waals surface area (Å²) in [6.07, 6.45) is 2.72. The lowest BCUT2D eigenvalue weighted by molar-refractivity contribution is 0.103. The van der Waals surface area contributed by atoms with E-state index >= 15 is 0 Å². The number of halogens is 2. The van der Waals surface area contributed by atoms with Crippen LogP contribution in [0.1, 0.15) is 47.0 Å². The Labute approximate surface area is 163 Å². The monoisotopic (exact) mass is 464 g/mol. The maximum absolute atomic E-state index is 13.2. The Bertz CT molecular complexity index is 934. The van der Waals surface area contributed by atoms with Gasteiger partial charge in [-0.2, -0.15) is 0 Å². The largest absolute Gasteiger partial charge is 0.506 e. The summed E-state index contributed by atoms with van der Waals surface area (Å²) in [5.41, 5.74) is 2.91. The van der Waals surface area contributed by atoms with Crippen molar-refractivity contribution in [2.24, 2.45) is 0 Å². The van der Waals surface area contributed by atoms with E-state index in [2.05, 4.69) is 38.8 Å². The first kappa shape index (κ1) is 18.2. The number of phenolic OH excluding ortho intramolecular Hbond substituents is 1. The van der Waals surface area contributed by atoms with Crippen LogP contribution in [-0.4, -0.2) is 10.9 Å². The van der Waals surface area contributed by atoms with Crippen LogP contribution in [0.15, 0.2) is 43.7 Å². The third-order valence-electron chi connectivity index (χ3n) is 4.25. The molecule has 0 amide bonds. The van der Waals surface area contributed by atoms with E-state index in [1.165, 1.54) is 0 Å². The fourth-order valence-corrected chi connectivity index (χ4v) is 4.10. The first-order valence-electron chi connectivity index (χ1n) is 8.17. The molecule has 0 aliphatic heterocycles. The topological polar surface area (TPSA) is 50.4 Å². The number of ketones is 1. The molecule has 0 unspecified atom stereocenters. The molecule has 1 aromatic heterocycles. The molecule has 0 aliphatic rings. The number of fused-ring (bicyclic) bond motifs is 1. The lowest BCUT2D eigenvalue weighted by Crippen LogP contribution is -2.04. The van der Waals surface area contributed by atoms with E-state index in [9.17, 15) is 9.90 Å².